The van der Waals surface area contributed by atoms with Gasteiger partial charge < -0.3 is 9.90 Å². The Labute approximate surface area is 61.2 Å². The molecule has 56 valence electrons. The standard InChI is InChI=1S/C8H12O2/c1-2-3-4-5-6-7-8(9)10/h2-5H2,1H3,(H,9,10)/p-1. The molecule has 0 aromatic rings. The summed E-state index contributed by atoms with van der Waals surface area (Å²) in [5, 5.41) is 9.75. The van der Waals surface area contributed by atoms with E-state index >= 15 is 0 Å². The van der Waals surface area contributed by atoms with Crippen molar-refractivity contribution in [1.29, 1.82) is 0 Å². The van der Waals surface area contributed by atoms with Gasteiger partial charge in [0, 0.05) is 6.42 Å². The highest BCUT2D eigenvalue weighted by atomic mass is 16.4. The highest BCUT2D eigenvalue weighted by molar-refractivity contribution is 5.84. The number of carbonyl (C=O) groups is 1. The maximum absolute atomic E-state index is 9.75. The summed E-state index contributed by atoms with van der Waals surface area (Å²) in [6, 6.07) is 0. The van der Waals surface area contributed by atoms with Gasteiger partial charge in [-0.1, -0.05) is 25.7 Å². The summed E-state index contributed by atoms with van der Waals surface area (Å²) in [5.41, 5.74) is 0. The van der Waals surface area contributed by atoms with Crippen molar-refractivity contribution in [2.24, 2.45) is 0 Å². The molecule has 0 N–H and O–H groups in total. The van der Waals surface area contributed by atoms with Crippen molar-refractivity contribution < 1.29 is 9.90 Å². The molecule has 0 aliphatic heterocycles. The average molecular weight is 139 g/mol. The minimum Gasteiger partial charge on any atom is -0.537 e. The first-order chi connectivity index (χ1) is 4.77. The van der Waals surface area contributed by atoms with Gasteiger partial charge in [0.25, 0.3) is 0 Å². The minimum absolute atomic E-state index is 0.668. The number of unbranched alkanes of at least 4 members (excludes halogenated alkanes) is 3. The largest absolute Gasteiger partial charge is 0.537 e. The molecule has 2 nitrogen and oxygen atoms in total. The van der Waals surface area contributed by atoms with Gasteiger partial charge in [0.1, 0.15) is 5.97 Å². The lowest BCUT2D eigenvalue weighted by atomic mass is 10.2. The van der Waals surface area contributed by atoms with Crippen molar-refractivity contribution in [3.05, 3.63) is 0 Å². The van der Waals surface area contributed by atoms with Crippen LogP contribution in [0.15, 0.2) is 0 Å². The van der Waals surface area contributed by atoms with Crippen molar-refractivity contribution in [2.45, 2.75) is 32.6 Å². The number of aliphatic carboxylic acids is 1. The van der Waals surface area contributed by atoms with E-state index in [4.69, 9.17) is 0 Å². The fraction of sp³-hybridized carbons (Fsp3) is 0.625. The molecule has 0 spiro atoms. The molecule has 0 fully saturated rings. The van der Waals surface area contributed by atoms with Crippen molar-refractivity contribution >= 4 is 5.97 Å². The van der Waals surface area contributed by atoms with Crippen LogP contribution in [-0.2, 0) is 4.79 Å². The first-order valence-corrected chi connectivity index (χ1v) is 3.47. The SMILES string of the molecule is CCCCCC#CC(=O)[O-]. The predicted octanol–water partition coefficient (Wildman–Crippen LogP) is 0.320. The number of carboxylic acid groups (broad SMARTS) is 1. The molecule has 0 amide bonds. The predicted molar refractivity (Wildman–Crippen MR) is 36.9 cm³/mol. The van der Waals surface area contributed by atoms with Gasteiger partial charge in [-0.15, -0.1) is 0 Å². The summed E-state index contributed by atoms with van der Waals surface area (Å²) in [7, 11) is 0. The van der Waals surface area contributed by atoms with Gasteiger partial charge in [-0.05, 0) is 12.3 Å². The fourth-order valence-electron chi connectivity index (χ4n) is 0.598. The van der Waals surface area contributed by atoms with Crippen LogP contribution < -0.4 is 5.11 Å². The molecule has 0 saturated heterocycles. The molecular weight excluding hydrogens is 128 g/mol. The Bertz CT molecular complexity index is 150. The van der Waals surface area contributed by atoms with Gasteiger partial charge in [0.05, 0.1) is 0 Å². The summed E-state index contributed by atoms with van der Waals surface area (Å²) >= 11 is 0. The number of hydrogen-bond acceptors (Lipinski definition) is 2. The number of rotatable bonds is 3. The first-order valence-electron chi connectivity index (χ1n) is 3.47. The van der Waals surface area contributed by atoms with Crippen LogP contribution in [-0.4, -0.2) is 5.97 Å². The molecule has 0 heterocycles. The molecule has 0 saturated carbocycles. The van der Waals surface area contributed by atoms with Crippen molar-refractivity contribution in [3.8, 4) is 11.8 Å². The van der Waals surface area contributed by atoms with Crippen molar-refractivity contribution in [1.82, 2.24) is 0 Å². The van der Waals surface area contributed by atoms with E-state index in [1.54, 1.807) is 0 Å². The number of carbonyl (C=O) groups excluding carboxylic acids is 1. The third-order valence-electron chi connectivity index (χ3n) is 1.10. The number of carboxylic acids is 1. The Hall–Kier alpha value is -0.970. The molecule has 0 aliphatic rings. The van der Waals surface area contributed by atoms with Crippen LogP contribution in [0.1, 0.15) is 32.6 Å². The molecule has 2 heteroatoms. The van der Waals surface area contributed by atoms with E-state index < -0.39 is 5.97 Å². The van der Waals surface area contributed by atoms with Gasteiger partial charge in [0.15, 0.2) is 0 Å². The monoisotopic (exact) mass is 139 g/mol. The van der Waals surface area contributed by atoms with Gasteiger partial charge >= 0.3 is 0 Å². The Morgan fingerprint density at radius 1 is 1.50 bits per heavy atom. The van der Waals surface area contributed by atoms with Crippen LogP contribution in [0.3, 0.4) is 0 Å². The Morgan fingerprint density at radius 3 is 2.70 bits per heavy atom. The van der Waals surface area contributed by atoms with Gasteiger partial charge in [-0.2, -0.15) is 0 Å². The van der Waals surface area contributed by atoms with Crippen LogP contribution in [0.4, 0.5) is 0 Å². The molecule has 0 rings (SSSR count). The maximum Gasteiger partial charge on any atom is 0.116 e. The molecule has 0 aromatic heterocycles. The highest BCUT2D eigenvalue weighted by Gasteiger charge is 1.79. The van der Waals surface area contributed by atoms with Crippen LogP contribution >= 0.6 is 0 Å². The van der Waals surface area contributed by atoms with Gasteiger partial charge in [0.2, 0.25) is 0 Å². The van der Waals surface area contributed by atoms with Crippen molar-refractivity contribution in [2.75, 3.05) is 0 Å². The fourth-order valence-corrected chi connectivity index (χ4v) is 0.598. The Balaban J connectivity index is 3.20. The van der Waals surface area contributed by atoms with E-state index in [0.29, 0.717) is 6.42 Å². The summed E-state index contributed by atoms with van der Waals surface area (Å²) < 4.78 is 0. The molecule has 0 bridgehead atoms. The normalized spacial score (nSPS) is 8.10. The van der Waals surface area contributed by atoms with Crippen LogP contribution in [0.25, 0.3) is 0 Å². The van der Waals surface area contributed by atoms with E-state index in [1.807, 2.05) is 5.92 Å². The molecule has 0 radical (unpaired) electrons. The molecular formula is C8H11O2-. The van der Waals surface area contributed by atoms with E-state index in [-0.39, 0.29) is 0 Å². The molecule has 0 aromatic carbocycles. The van der Waals surface area contributed by atoms with E-state index in [9.17, 15) is 9.90 Å². The third kappa shape index (κ3) is 7.03. The van der Waals surface area contributed by atoms with E-state index in [0.717, 1.165) is 19.3 Å². The molecule has 0 unspecified atom stereocenters. The Kier molecular flexibility index (Phi) is 5.56. The van der Waals surface area contributed by atoms with Crippen LogP contribution in [0.2, 0.25) is 0 Å². The lowest BCUT2D eigenvalue weighted by Gasteiger charge is -1.88. The summed E-state index contributed by atoms with van der Waals surface area (Å²) in [6.45, 7) is 2.09. The second-order valence-electron chi connectivity index (χ2n) is 2.05. The zero-order valence-electron chi connectivity index (χ0n) is 6.14. The molecule has 10 heavy (non-hydrogen) atoms. The minimum atomic E-state index is -1.28. The second-order valence-corrected chi connectivity index (χ2v) is 2.05. The highest BCUT2D eigenvalue weighted by Crippen LogP contribution is 1.96. The third-order valence-corrected chi connectivity index (χ3v) is 1.10. The molecule has 0 aliphatic carbocycles. The van der Waals surface area contributed by atoms with E-state index in [2.05, 4.69) is 12.8 Å². The quantitative estimate of drug-likeness (QED) is 0.417. The lowest BCUT2D eigenvalue weighted by molar-refractivity contribution is -0.295. The van der Waals surface area contributed by atoms with Gasteiger partial charge in [-0.3, -0.25) is 0 Å². The lowest BCUT2D eigenvalue weighted by Crippen LogP contribution is -2.19. The van der Waals surface area contributed by atoms with E-state index in [1.165, 1.54) is 0 Å². The second kappa shape index (κ2) is 6.15. The smallest absolute Gasteiger partial charge is 0.116 e. The van der Waals surface area contributed by atoms with Gasteiger partial charge in [-0.25, -0.2) is 0 Å². The topological polar surface area (TPSA) is 40.1 Å². The van der Waals surface area contributed by atoms with Crippen molar-refractivity contribution in [3.63, 3.8) is 0 Å². The number of hydrogen-bond donors (Lipinski definition) is 0. The maximum atomic E-state index is 9.75. The zero-order chi connectivity index (χ0) is 7.82. The Morgan fingerprint density at radius 2 is 2.20 bits per heavy atom. The summed E-state index contributed by atoms with van der Waals surface area (Å²) in [6.07, 6.45) is 3.90. The average Bonchev–Trinajstić information content (AvgIpc) is 1.87. The zero-order valence-corrected chi connectivity index (χ0v) is 6.14. The summed E-state index contributed by atoms with van der Waals surface area (Å²) in [5.74, 6) is 3.19. The molecule has 0 atom stereocenters. The van der Waals surface area contributed by atoms with Crippen LogP contribution in [0.5, 0.6) is 0 Å². The first kappa shape index (κ1) is 9.03. The summed E-state index contributed by atoms with van der Waals surface area (Å²) in [4.78, 5) is 9.75. The van der Waals surface area contributed by atoms with Crippen LogP contribution in [0, 0.1) is 11.8 Å².